The molecule has 0 aromatic heterocycles. The van der Waals surface area contributed by atoms with Crippen molar-refractivity contribution >= 4 is 5.69 Å². The molecule has 0 fully saturated rings. The molecule has 0 spiro atoms. The first-order chi connectivity index (χ1) is 7.46. The fourth-order valence-electron chi connectivity index (χ4n) is 1.07. The molecule has 0 saturated heterocycles. The van der Waals surface area contributed by atoms with Crippen LogP contribution >= 0.6 is 0 Å². The number of nitrogens with zero attached hydrogens (tertiary/aromatic N) is 1. The van der Waals surface area contributed by atoms with Crippen molar-refractivity contribution in [1.82, 2.24) is 0 Å². The lowest BCUT2D eigenvalue weighted by molar-refractivity contribution is -0.385. The normalized spacial score (nSPS) is 14.2. The number of rotatable bonds is 5. The van der Waals surface area contributed by atoms with Crippen molar-refractivity contribution in [2.45, 2.75) is 25.8 Å². The molecule has 1 aromatic rings. The van der Waals surface area contributed by atoms with Gasteiger partial charge in [-0.05, 0) is 19.4 Å². The molecule has 0 saturated carbocycles. The predicted octanol–water partition coefficient (Wildman–Crippen LogP) is 2.10. The lowest BCUT2D eigenvalue weighted by Gasteiger charge is -2.22. The topological polar surface area (TPSA) is 78.4 Å². The van der Waals surface area contributed by atoms with Gasteiger partial charge in [0.25, 0.3) is 0 Å². The van der Waals surface area contributed by atoms with Gasteiger partial charge >= 0.3 is 5.69 Å². The summed E-state index contributed by atoms with van der Waals surface area (Å²) in [6, 6.07) is 6.29. The molecule has 0 aliphatic carbocycles. The second-order valence-electron chi connectivity index (χ2n) is 4.02. The maximum atomic E-state index is 10.7. The molecule has 1 aromatic carbocycles. The minimum Gasteiger partial charge on any atom is -0.485 e. The third-order valence-electron chi connectivity index (χ3n) is 2.43. The van der Waals surface area contributed by atoms with Gasteiger partial charge in [0.05, 0.1) is 4.92 Å². The fraction of sp³-hybridized carbons (Fsp3) is 0.455. The molecule has 0 amide bonds. The van der Waals surface area contributed by atoms with Crippen molar-refractivity contribution in [2.75, 3.05) is 6.61 Å². The van der Waals surface area contributed by atoms with Crippen LogP contribution in [-0.4, -0.2) is 17.1 Å². The molecule has 16 heavy (non-hydrogen) atoms. The molecule has 5 heteroatoms. The Labute approximate surface area is 94.4 Å². The van der Waals surface area contributed by atoms with Crippen LogP contribution in [0.5, 0.6) is 5.75 Å². The Hall–Kier alpha value is -1.62. The molecule has 0 aliphatic rings. The summed E-state index contributed by atoms with van der Waals surface area (Å²) in [4.78, 5) is 10.2. The smallest absolute Gasteiger partial charge is 0.310 e. The average Bonchev–Trinajstić information content (AvgIpc) is 2.27. The summed E-state index contributed by atoms with van der Waals surface area (Å²) in [5.74, 6) is 0.262. The molecule has 0 bridgehead atoms. The first-order valence-electron chi connectivity index (χ1n) is 5.11. The van der Waals surface area contributed by atoms with E-state index in [2.05, 4.69) is 0 Å². The predicted molar refractivity (Wildman–Crippen MR) is 61.5 cm³/mol. The van der Waals surface area contributed by atoms with Gasteiger partial charge in [-0.1, -0.05) is 19.1 Å². The largest absolute Gasteiger partial charge is 0.485 e. The Morgan fingerprint density at radius 2 is 2.12 bits per heavy atom. The van der Waals surface area contributed by atoms with Crippen LogP contribution < -0.4 is 10.5 Å². The van der Waals surface area contributed by atoms with Gasteiger partial charge in [-0.15, -0.1) is 0 Å². The van der Waals surface area contributed by atoms with Crippen molar-refractivity contribution in [3.63, 3.8) is 0 Å². The minimum atomic E-state index is -0.469. The van der Waals surface area contributed by atoms with Crippen LogP contribution in [0.3, 0.4) is 0 Å². The Morgan fingerprint density at radius 1 is 1.50 bits per heavy atom. The molecule has 0 radical (unpaired) electrons. The summed E-state index contributed by atoms with van der Waals surface area (Å²) >= 11 is 0. The summed E-state index contributed by atoms with van der Waals surface area (Å²) in [5.41, 5.74) is 5.39. The monoisotopic (exact) mass is 224 g/mol. The number of hydrogen-bond donors (Lipinski definition) is 1. The van der Waals surface area contributed by atoms with Gasteiger partial charge in [0.1, 0.15) is 6.61 Å². The Bertz CT molecular complexity index is 377. The summed E-state index contributed by atoms with van der Waals surface area (Å²) in [6.07, 6.45) is 0.744. The molecule has 1 rings (SSSR count). The molecule has 1 atom stereocenters. The first kappa shape index (κ1) is 12.4. The lowest BCUT2D eigenvalue weighted by atomic mass is 10.0. The number of ether oxygens (including phenoxy) is 1. The minimum absolute atomic E-state index is 0.0330. The van der Waals surface area contributed by atoms with Crippen LogP contribution in [0.25, 0.3) is 0 Å². The maximum absolute atomic E-state index is 10.7. The van der Waals surface area contributed by atoms with E-state index in [9.17, 15) is 10.1 Å². The molecular formula is C11H16N2O3. The van der Waals surface area contributed by atoms with Gasteiger partial charge in [-0.2, -0.15) is 0 Å². The Kier molecular flexibility index (Phi) is 3.84. The number of nitro groups is 1. The van der Waals surface area contributed by atoms with Gasteiger partial charge in [0.15, 0.2) is 5.75 Å². The summed E-state index contributed by atoms with van der Waals surface area (Å²) in [5, 5.41) is 10.7. The number of benzene rings is 1. The third-order valence-corrected chi connectivity index (χ3v) is 2.43. The SMILES string of the molecule is CCC(C)(N)COc1ccccc1[N+](=O)[O-]. The van der Waals surface area contributed by atoms with Crippen molar-refractivity contribution in [3.05, 3.63) is 34.4 Å². The number of nitrogens with two attached hydrogens (primary N) is 1. The zero-order valence-electron chi connectivity index (χ0n) is 9.47. The second kappa shape index (κ2) is 4.94. The van der Waals surface area contributed by atoms with Crippen LogP contribution in [-0.2, 0) is 0 Å². The first-order valence-corrected chi connectivity index (χ1v) is 5.11. The summed E-state index contributed by atoms with van der Waals surface area (Å²) in [6.45, 7) is 4.05. The highest BCUT2D eigenvalue weighted by molar-refractivity contribution is 5.45. The van der Waals surface area contributed by atoms with E-state index in [0.717, 1.165) is 6.42 Å². The van der Waals surface area contributed by atoms with Crippen LogP contribution in [0.4, 0.5) is 5.69 Å². The lowest BCUT2D eigenvalue weighted by Crippen LogP contribution is -2.41. The van der Waals surface area contributed by atoms with Gasteiger partial charge in [-0.25, -0.2) is 0 Å². The molecular weight excluding hydrogens is 208 g/mol. The highest BCUT2D eigenvalue weighted by atomic mass is 16.6. The highest BCUT2D eigenvalue weighted by Crippen LogP contribution is 2.26. The Morgan fingerprint density at radius 3 is 2.69 bits per heavy atom. The van der Waals surface area contributed by atoms with E-state index in [1.165, 1.54) is 6.07 Å². The molecule has 1 unspecified atom stereocenters. The van der Waals surface area contributed by atoms with Crippen molar-refractivity contribution < 1.29 is 9.66 Å². The van der Waals surface area contributed by atoms with Gasteiger partial charge in [0.2, 0.25) is 0 Å². The van der Waals surface area contributed by atoms with E-state index in [-0.39, 0.29) is 18.0 Å². The Balaban J connectivity index is 2.78. The zero-order valence-corrected chi connectivity index (χ0v) is 9.47. The quantitative estimate of drug-likeness (QED) is 0.613. The second-order valence-corrected chi connectivity index (χ2v) is 4.02. The summed E-state index contributed by atoms with van der Waals surface area (Å²) < 4.78 is 5.39. The maximum Gasteiger partial charge on any atom is 0.310 e. The molecule has 88 valence electrons. The standard InChI is InChI=1S/C11H16N2O3/c1-3-11(2,12)8-16-10-7-5-4-6-9(10)13(14)15/h4-7H,3,8,12H2,1-2H3. The van der Waals surface area contributed by atoms with E-state index >= 15 is 0 Å². The van der Waals surface area contributed by atoms with E-state index in [1.807, 2.05) is 13.8 Å². The van der Waals surface area contributed by atoms with Gasteiger partial charge in [-0.3, -0.25) is 10.1 Å². The third kappa shape index (κ3) is 3.20. The highest BCUT2D eigenvalue weighted by Gasteiger charge is 2.20. The number of nitro benzene ring substituents is 1. The van der Waals surface area contributed by atoms with Crippen LogP contribution in [0.15, 0.2) is 24.3 Å². The van der Waals surface area contributed by atoms with Crippen LogP contribution in [0.2, 0.25) is 0 Å². The van der Waals surface area contributed by atoms with Crippen LogP contribution in [0.1, 0.15) is 20.3 Å². The van der Waals surface area contributed by atoms with E-state index in [0.29, 0.717) is 0 Å². The van der Waals surface area contributed by atoms with Gasteiger partial charge in [0, 0.05) is 11.6 Å². The van der Waals surface area contributed by atoms with Crippen molar-refractivity contribution in [1.29, 1.82) is 0 Å². The number of para-hydroxylation sites is 2. The number of hydrogen-bond acceptors (Lipinski definition) is 4. The summed E-state index contributed by atoms with van der Waals surface area (Å²) in [7, 11) is 0. The zero-order chi connectivity index (χ0) is 12.2. The molecule has 0 aliphatic heterocycles. The average molecular weight is 224 g/mol. The van der Waals surface area contributed by atoms with E-state index in [4.69, 9.17) is 10.5 Å². The van der Waals surface area contributed by atoms with Crippen LogP contribution in [0, 0.1) is 10.1 Å². The molecule has 2 N–H and O–H groups in total. The fourth-order valence-corrected chi connectivity index (χ4v) is 1.07. The van der Waals surface area contributed by atoms with Crippen molar-refractivity contribution in [2.24, 2.45) is 5.73 Å². The van der Waals surface area contributed by atoms with E-state index in [1.54, 1.807) is 18.2 Å². The van der Waals surface area contributed by atoms with Gasteiger partial charge < -0.3 is 10.5 Å². The molecule has 0 heterocycles. The molecule has 5 nitrogen and oxygen atoms in total. The van der Waals surface area contributed by atoms with E-state index < -0.39 is 10.5 Å². The van der Waals surface area contributed by atoms with Crippen molar-refractivity contribution in [3.8, 4) is 5.75 Å².